The van der Waals surface area contributed by atoms with E-state index in [-0.39, 0.29) is 11.7 Å². The van der Waals surface area contributed by atoms with Crippen molar-refractivity contribution in [2.24, 2.45) is 0 Å². The van der Waals surface area contributed by atoms with Gasteiger partial charge in [0, 0.05) is 19.1 Å². The molecule has 0 radical (unpaired) electrons. The molecule has 1 fully saturated rings. The molecule has 1 aliphatic heterocycles. The predicted molar refractivity (Wildman–Crippen MR) is 93.6 cm³/mol. The van der Waals surface area contributed by atoms with Crippen LogP contribution in [0.2, 0.25) is 0 Å². The van der Waals surface area contributed by atoms with E-state index in [1.54, 1.807) is 20.8 Å². The number of carbonyl (C=O) groups excluding carboxylic acids is 1. The van der Waals surface area contributed by atoms with Gasteiger partial charge in [-0.1, -0.05) is 0 Å². The first-order valence-corrected chi connectivity index (χ1v) is 8.42. The second-order valence-corrected chi connectivity index (χ2v) is 7.33. The van der Waals surface area contributed by atoms with E-state index >= 15 is 0 Å². The first kappa shape index (κ1) is 20.2. The Morgan fingerprint density at radius 1 is 1.31 bits per heavy atom. The topological polar surface area (TPSA) is 79.6 Å². The molecule has 1 heterocycles. The van der Waals surface area contributed by atoms with Crippen LogP contribution in [0.15, 0.2) is 18.2 Å². The van der Waals surface area contributed by atoms with Crippen LogP contribution >= 0.6 is 0 Å². The number of halogens is 3. The smallest absolute Gasteiger partial charge is 0.422 e. The van der Waals surface area contributed by atoms with E-state index in [4.69, 9.17) is 10.5 Å². The highest BCUT2D eigenvalue weighted by Gasteiger charge is 2.31. The molecule has 1 saturated heterocycles. The normalized spacial score (nSPS) is 18.5. The summed E-state index contributed by atoms with van der Waals surface area (Å²) in [6, 6.07) is 3.30. The third kappa shape index (κ3) is 5.69. The lowest BCUT2D eigenvalue weighted by atomic mass is 10.0. The molecule has 1 aromatic carbocycles. The Labute approximate surface area is 150 Å². The predicted octanol–water partition coefficient (Wildman–Crippen LogP) is 3.29. The summed E-state index contributed by atoms with van der Waals surface area (Å²) < 4.78 is 43.5. The van der Waals surface area contributed by atoms with Gasteiger partial charge in [-0.3, -0.25) is 5.43 Å². The molecule has 1 unspecified atom stereocenters. The number of anilines is 2. The lowest BCUT2D eigenvalue weighted by Gasteiger charge is -2.35. The van der Waals surface area contributed by atoms with Gasteiger partial charge in [0.2, 0.25) is 0 Å². The molecule has 146 valence electrons. The van der Waals surface area contributed by atoms with Gasteiger partial charge in [0.05, 0.1) is 16.9 Å². The number of rotatable bonds is 3. The number of nitrogens with two attached hydrogens (primary N) is 1. The monoisotopic (exact) mass is 374 g/mol. The van der Waals surface area contributed by atoms with Crippen molar-refractivity contribution >= 4 is 17.5 Å². The minimum absolute atomic E-state index is 0.0713. The summed E-state index contributed by atoms with van der Waals surface area (Å²) >= 11 is 0. The van der Waals surface area contributed by atoms with E-state index in [1.807, 2.05) is 4.90 Å². The van der Waals surface area contributed by atoms with Crippen molar-refractivity contribution in [3.63, 3.8) is 0 Å². The fourth-order valence-electron chi connectivity index (χ4n) is 2.80. The molecule has 0 bridgehead atoms. The fourth-order valence-corrected chi connectivity index (χ4v) is 2.80. The standard InChI is InChI=1S/C17H25F3N4O2/c1-16(2,3)26-15(25)23-22-12-5-4-8-24(10-12)14-7-6-11(9-13(14)21)17(18,19)20/h6-7,9,12,22H,4-5,8,10,21H2,1-3H3,(H,23,25). The average Bonchev–Trinajstić information content (AvgIpc) is 2.50. The van der Waals surface area contributed by atoms with E-state index in [0.717, 1.165) is 25.0 Å². The summed E-state index contributed by atoms with van der Waals surface area (Å²) in [5.74, 6) is 0. The van der Waals surface area contributed by atoms with E-state index in [2.05, 4.69) is 10.9 Å². The average molecular weight is 374 g/mol. The quantitative estimate of drug-likeness (QED) is 0.559. The maximum absolute atomic E-state index is 12.8. The molecule has 2 rings (SSSR count). The van der Waals surface area contributed by atoms with Crippen molar-refractivity contribution in [2.45, 2.75) is 51.4 Å². The fraction of sp³-hybridized carbons (Fsp3) is 0.588. The first-order valence-electron chi connectivity index (χ1n) is 8.42. The minimum Gasteiger partial charge on any atom is -0.443 e. The molecule has 9 heteroatoms. The highest BCUT2D eigenvalue weighted by Crippen LogP contribution is 2.34. The van der Waals surface area contributed by atoms with Gasteiger partial charge in [0.15, 0.2) is 0 Å². The number of ether oxygens (including phenoxy) is 1. The Kier molecular flexibility index (Phi) is 5.90. The number of hydrogen-bond acceptors (Lipinski definition) is 5. The van der Waals surface area contributed by atoms with Crippen LogP contribution in [0, 0.1) is 0 Å². The summed E-state index contributed by atoms with van der Waals surface area (Å²) in [4.78, 5) is 13.6. The molecule has 26 heavy (non-hydrogen) atoms. The Morgan fingerprint density at radius 3 is 2.58 bits per heavy atom. The van der Waals surface area contributed by atoms with Gasteiger partial charge in [-0.05, 0) is 51.8 Å². The molecule has 1 amide bonds. The Hall–Kier alpha value is -2.16. The number of nitrogens with zero attached hydrogens (tertiary/aromatic N) is 1. The van der Waals surface area contributed by atoms with E-state index in [9.17, 15) is 18.0 Å². The van der Waals surface area contributed by atoms with Gasteiger partial charge in [-0.2, -0.15) is 13.2 Å². The molecule has 6 nitrogen and oxygen atoms in total. The van der Waals surface area contributed by atoms with Crippen LogP contribution < -0.4 is 21.5 Å². The number of carbonyl (C=O) groups is 1. The zero-order valence-corrected chi connectivity index (χ0v) is 15.1. The second-order valence-electron chi connectivity index (χ2n) is 7.33. The van der Waals surface area contributed by atoms with Crippen molar-refractivity contribution in [1.82, 2.24) is 10.9 Å². The van der Waals surface area contributed by atoms with Crippen LogP contribution in [-0.4, -0.2) is 30.8 Å². The molecule has 4 N–H and O–H groups in total. The largest absolute Gasteiger partial charge is 0.443 e. The maximum Gasteiger partial charge on any atom is 0.422 e. The summed E-state index contributed by atoms with van der Waals surface area (Å²) in [7, 11) is 0. The van der Waals surface area contributed by atoms with Crippen LogP contribution in [0.25, 0.3) is 0 Å². The summed E-state index contributed by atoms with van der Waals surface area (Å²) in [5, 5.41) is 0. The molecule has 0 aliphatic carbocycles. The number of nitrogens with one attached hydrogen (secondary N) is 2. The highest BCUT2D eigenvalue weighted by molar-refractivity contribution is 5.69. The van der Waals surface area contributed by atoms with Crippen molar-refractivity contribution in [1.29, 1.82) is 0 Å². The van der Waals surface area contributed by atoms with Crippen LogP contribution in [0.3, 0.4) is 0 Å². The van der Waals surface area contributed by atoms with Crippen molar-refractivity contribution < 1.29 is 22.7 Å². The van der Waals surface area contributed by atoms with Gasteiger partial charge in [0.1, 0.15) is 5.60 Å². The van der Waals surface area contributed by atoms with Gasteiger partial charge < -0.3 is 15.4 Å². The van der Waals surface area contributed by atoms with Crippen LogP contribution in [0.1, 0.15) is 39.2 Å². The molecule has 1 aromatic rings. The Morgan fingerprint density at radius 2 is 2.00 bits per heavy atom. The molecule has 1 aliphatic rings. The van der Waals surface area contributed by atoms with Gasteiger partial charge in [-0.15, -0.1) is 0 Å². The van der Waals surface area contributed by atoms with Gasteiger partial charge in [0.25, 0.3) is 0 Å². The van der Waals surface area contributed by atoms with E-state index in [0.29, 0.717) is 18.8 Å². The van der Waals surface area contributed by atoms with Gasteiger partial charge in [-0.25, -0.2) is 10.2 Å². The summed E-state index contributed by atoms with van der Waals surface area (Å²) in [5.41, 5.74) is 10.5. The van der Waals surface area contributed by atoms with E-state index in [1.165, 1.54) is 6.07 Å². The second kappa shape index (κ2) is 7.61. The van der Waals surface area contributed by atoms with Crippen molar-refractivity contribution in [3.8, 4) is 0 Å². The zero-order chi connectivity index (χ0) is 19.5. The Balaban J connectivity index is 1.97. The van der Waals surface area contributed by atoms with Crippen molar-refractivity contribution in [2.75, 3.05) is 23.7 Å². The number of hydrazine groups is 1. The maximum atomic E-state index is 12.8. The molecule has 0 saturated carbocycles. The van der Waals surface area contributed by atoms with Crippen molar-refractivity contribution in [3.05, 3.63) is 23.8 Å². The van der Waals surface area contributed by atoms with E-state index < -0.39 is 23.4 Å². The third-order valence-corrected chi connectivity index (χ3v) is 3.89. The summed E-state index contributed by atoms with van der Waals surface area (Å²) in [6.07, 6.45) is -3.37. The van der Waals surface area contributed by atoms with Crippen LogP contribution in [0.4, 0.5) is 29.3 Å². The zero-order valence-electron chi connectivity index (χ0n) is 15.1. The van der Waals surface area contributed by atoms with Crippen LogP contribution in [0.5, 0.6) is 0 Å². The highest BCUT2D eigenvalue weighted by atomic mass is 19.4. The minimum atomic E-state index is -4.42. The number of benzene rings is 1. The number of alkyl halides is 3. The number of piperidine rings is 1. The third-order valence-electron chi connectivity index (χ3n) is 3.89. The number of hydrogen-bond donors (Lipinski definition) is 3. The Bertz CT molecular complexity index is 644. The molecule has 0 aromatic heterocycles. The molecule has 0 spiro atoms. The number of amides is 1. The number of nitrogen functional groups attached to an aromatic ring is 1. The SMILES string of the molecule is CC(C)(C)OC(=O)NNC1CCCN(c2ccc(C(F)(F)F)cc2N)C1. The molecular weight excluding hydrogens is 349 g/mol. The van der Waals surface area contributed by atoms with Gasteiger partial charge >= 0.3 is 12.3 Å². The first-order chi connectivity index (χ1) is 12.0. The van der Waals surface area contributed by atoms with Crippen LogP contribution in [-0.2, 0) is 10.9 Å². The molecular formula is C17H25F3N4O2. The lowest BCUT2D eigenvalue weighted by Crippen LogP contribution is -2.53. The summed E-state index contributed by atoms with van der Waals surface area (Å²) in [6.45, 7) is 6.48. The molecule has 1 atom stereocenters. The lowest BCUT2D eigenvalue weighted by molar-refractivity contribution is -0.137.